The summed E-state index contributed by atoms with van der Waals surface area (Å²) in [5.41, 5.74) is 9.29. The number of hydrogen-bond acceptors (Lipinski definition) is 4. The quantitative estimate of drug-likeness (QED) is 0.819. The second-order valence-electron chi connectivity index (χ2n) is 4.46. The van der Waals surface area contributed by atoms with Gasteiger partial charge in [0.1, 0.15) is 12.4 Å². The van der Waals surface area contributed by atoms with Crippen molar-refractivity contribution in [3.63, 3.8) is 0 Å². The molecule has 0 saturated carbocycles. The zero-order chi connectivity index (χ0) is 12.5. The van der Waals surface area contributed by atoms with Gasteiger partial charge in [0.15, 0.2) is 5.82 Å². The monoisotopic (exact) mass is 239 g/mol. The van der Waals surface area contributed by atoms with Gasteiger partial charge in [-0.1, -0.05) is 0 Å². The molecule has 0 atom stereocenters. The van der Waals surface area contributed by atoms with E-state index in [1.807, 2.05) is 10.6 Å². The van der Waals surface area contributed by atoms with Crippen LogP contribution in [0.5, 0.6) is 0 Å². The Kier molecular flexibility index (Phi) is 2.49. The van der Waals surface area contributed by atoms with Crippen LogP contribution in [0.3, 0.4) is 0 Å². The Hall–Kier alpha value is -2.35. The van der Waals surface area contributed by atoms with Crippen molar-refractivity contribution in [1.82, 2.24) is 14.5 Å². The van der Waals surface area contributed by atoms with Crippen LogP contribution < -0.4 is 5.73 Å². The SMILES string of the molecule is N#Cc1cnc(-n2cnc3c2CCCC3)c(N)c1. The molecule has 0 fully saturated rings. The van der Waals surface area contributed by atoms with Gasteiger partial charge in [-0.3, -0.25) is 4.57 Å². The van der Waals surface area contributed by atoms with Crippen molar-refractivity contribution in [2.24, 2.45) is 0 Å². The van der Waals surface area contributed by atoms with Crippen LogP contribution in [0.1, 0.15) is 29.8 Å². The molecule has 0 saturated heterocycles. The molecule has 3 rings (SSSR count). The van der Waals surface area contributed by atoms with Gasteiger partial charge in [-0.25, -0.2) is 9.97 Å². The molecule has 0 amide bonds. The van der Waals surface area contributed by atoms with Crippen molar-refractivity contribution in [2.75, 3.05) is 5.73 Å². The van der Waals surface area contributed by atoms with E-state index in [1.165, 1.54) is 18.5 Å². The van der Waals surface area contributed by atoms with Crippen molar-refractivity contribution < 1.29 is 0 Å². The highest BCUT2D eigenvalue weighted by Gasteiger charge is 2.17. The largest absolute Gasteiger partial charge is 0.396 e. The van der Waals surface area contributed by atoms with Gasteiger partial charge in [0, 0.05) is 11.9 Å². The molecule has 0 bridgehead atoms. The summed E-state index contributed by atoms with van der Waals surface area (Å²) in [5, 5.41) is 8.81. The van der Waals surface area contributed by atoms with Crippen molar-refractivity contribution in [2.45, 2.75) is 25.7 Å². The van der Waals surface area contributed by atoms with E-state index in [4.69, 9.17) is 11.0 Å². The Morgan fingerprint density at radius 1 is 1.28 bits per heavy atom. The first kappa shape index (κ1) is 10.8. The summed E-state index contributed by atoms with van der Waals surface area (Å²) in [6.07, 6.45) is 7.73. The summed E-state index contributed by atoms with van der Waals surface area (Å²) in [4.78, 5) is 8.69. The molecular formula is C13H13N5. The zero-order valence-corrected chi connectivity index (χ0v) is 9.93. The first-order valence-electron chi connectivity index (χ1n) is 6.00. The highest BCUT2D eigenvalue weighted by atomic mass is 15.1. The molecule has 0 spiro atoms. The van der Waals surface area contributed by atoms with E-state index >= 15 is 0 Å². The van der Waals surface area contributed by atoms with Gasteiger partial charge in [-0.2, -0.15) is 5.26 Å². The number of nitriles is 1. The minimum Gasteiger partial charge on any atom is -0.396 e. The second-order valence-corrected chi connectivity index (χ2v) is 4.46. The van der Waals surface area contributed by atoms with E-state index < -0.39 is 0 Å². The Morgan fingerprint density at radius 3 is 2.89 bits per heavy atom. The number of nitrogen functional groups attached to an aromatic ring is 1. The Labute approximate surface area is 105 Å². The molecule has 1 aliphatic rings. The van der Waals surface area contributed by atoms with Gasteiger partial charge in [-0.15, -0.1) is 0 Å². The number of aromatic nitrogens is 3. The fourth-order valence-electron chi connectivity index (χ4n) is 2.39. The number of imidazole rings is 1. The molecule has 5 nitrogen and oxygen atoms in total. The smallest absolute Gasteiger partial charge is 0.161 e. The van der Waals surface area contributed by atoms with E-state index in [-0.39, 0.29) is 0 Å². The number of fused-ring (bicyclic) bond motifs is 1. The molecule has 2 aromatic rings. The first-order valence-corrected chi connectivity index (χ1v) is 6.00. The number of pyridine rings is 1. The summed E-state index contributed by atoms with van der Waals surface area (Å²) >= 11 is 0. The number of nitrogens with zero attached hydrogens (tertiary/aromatic N) is 4. The minimum absolute atomic E-state index is 0.477. The third-order valence-corrected chi connectivity index (χ3v) is 3.28. The van der Waals surface area contributed by atoms with E-state index in [2.05, 4.69) is 9.97 Å². The summed E-state index contributed by atoms with van der Waals surface area (Å²) < 4.78 is 1.95. The van der Waals surface area contributed by atoms with Crippen LogP contribution in [0.25, 0.3) is 5.82 Å². The molecule has 5 heteroatoms. The van der Waals surface area contributed by atoms with Gasteiger partial charge in [0.2, 0.25) is 0 Å². The molecule has 0 aromatic carbocycles. The second kappa shape index (κ2) is 4.15. The fraction of sp³-hybridized carbons (Fsp3) is 0.308. The van der Waals surface area contributed by atoms with Crippen molar-refractivity contribution in [1.29, 1.82) is 5.26 Å². The lowest BCUT2D eigenvalue weighted by Crippen LogP contribution is -2.09. The summed E-state index contributed by atoms with van der Waals surface area (Å²) in [6, 6.07) is 3.69. The van der Waals surface area contributed by atoms with Crippen LogP contribution in [0.15, 0.2) is 18.6 Å². The third kappa shape index (κ3) is 1.63. The lowest BCUT2D eigenvalue weighted by atomic mass is 10.0. The van der Waals surface area contributed by atoms with Crippen molar-refractivity contribution in [3.8, 4) is 11.9 Å². The number of nitrogens with two attached hydrogens (primary N) is 1. The maximum absolute atomic E-state index is 8.81. The lowest BCUT2D eigenvalue weighted by molar-refractivity contribution is 0.654. The average Bonchev–Trinajstić information content (AvgIpc) is 2.82. The van der Waals surface area contributed by atoms with Crippen LogP contribution in [-0.2, 0) is 12.8 Å². The van der Waals surface area contributed by atoms with Crippen LogP contribution in [-0.4, -0.2) is 14.5 Å². The van der Waals surface area contributed by atoms with E-state index in [9.17, 15) is 0 Å². The van der Waals surface area contributed by atoms with E-state index in [1.54, 1.807) is 18.6 Å². The van der Waals surface area contributed by atoms with E-state index in [0.717, 1.165) is 18.5 Å². The van der Waals surface area contributed by atoms with Crippen molar-refractivity contribution >= 4 is 5.69 Å². The molecule has 0 unspecified atom stereocenters. The van der Waals surface area contributed by atoms with Crippen LogP contribution in [0.4, 0.5) is 5.69 Å². The van der Waals surface area contributed by atoms with Crippen molar-refractivity contribution in [3.05, 3.63) is 35.5 Å². The Balaban J connectivity index is 2.10. The van der Waals surface area contributed by atoms with Gasteiger partial charge in [-0.05, 0) is 31.7 Å². The lowest BCUT2D eigenvalue weighted by Gasteiger charge is -2.14. The number of rotatable bonds is 1. The molecule has 0 radical (unpaired) electrons. The molecule has 2 N–H and O–H groups in total. The maximum atomic E-state index is 8.81. The predicted octanol–water partition coefficient (Wildman–Crippen LogP) is 1.60. The fourth-order valence-corrected chi connectivity index (χ4v) is 2.39. The third-order valence-electron chi connectivity index (χ3n) is 3.28. The summed E-state index contributed by atoms with van der Waals surface area (Å²) in [6.45, 7) is 0. The van der Waals surface area contributed by atoms with Gasteiger partial charge >= 0.3 is 0 Å². The molecule has 90 valence electrons. The highest BCUT2D eigenvalue weighted by molar-refractivity contribution is 5.57. The first-order chi connectivity index (χ1) is 8.79. The van der Waals surface area contributed by atoms with Crippen LogP contribution in [0.2, 0.25) is 0 Å². The normalized spacial score (nSPS) is 13.9. The van der Waals surface area contributed by atoms with E-state index in [0.29, 0.717) is 17.1 Å². The zero-order valence-electron chi connectivity index (χ0n) is 9.93. The van der Waals surface area contributed by atoms with Gasteiger partial charge < -0.3 is 5.73 Å². The van der Waals surface area contributed by atoms with Gasteiger partial charge in [0.05, 0.1) is 16.9 Å². The Bertz CT molecular complexity index is 635. The molecule has 2 aromatic heterocycles. The molecule has 0 aliphatic heterocycles. The summed E-state index contributed by atoms with van der Waals surface area (Å²) in [5.74, 6) is 0.671. The highest BCUT2D eigenvalue weighted by Crippen LogP contribution is 2.24. The molecule has 2 heterocycles. The molecular weight excluding hydrogens is 226 g/mol. The minimum atomic E-state index is 0.477. The van der Waals surface area contributed by atoms with Crippen LogP contribution in [0, 0.1) is 11.3 Å². The molecule has 18 heavy (non-hydrogen) atoms. The average molecular weight is 239 g/mol. The number of aryl methyl sites for hydroxylation is 1. The van der Waals surface area contributed by atoms with Gasteiger partial charge in [0.25, 0.3) is 0 Å². The number of hydrogen-bond donors (Lipinski definition) is 1. The standard InChI is InChI=1S/C13H13N5/c14-6-9-5-10(15)13(16-7-9)18-8-17-11-3-1-2-4-12(11)18/h5,7-8H,1-4,15H2. The topological polar surface area (TPSA) is 80.5 Å². The summed E-state index contributed by atoms with van der Waals surface area (Å²) in [7, 11) is 0. The maximum Gasteiger partial charge on any atom is 0.161 e. The Morgan fingerprint density at radius 2 is 2.11 bits per heavy atom. The number of anilines is 1. The van der Waals surface area contributed by atoms with Crippen LogP contribution >= 0.6 is 0 Å². The predicted molar refractivity (Wildman–Crippen MR) is 67.1 cm³/mol. The molecule has 1 aliphatic carbocycles.